The van der Waals surface area contributed by atoms with E-state index in [0.717, 1.165) is 41.3 Å². The molecular weight excluding hydrogens is 464 g/mol. The number of benzene rings is 3. The van der Waals surface area contributed by atoms with Gasteiger partial charge in [-0.25, -0.2) is 9.78 Å². The number of hydrogen-bond donors (Lipinski definition) is 1. The second kappa shape index (κ2) is 11.2. The number of esters is 1. The molecule has 6 heteroatoms. The van der Waals surface area contributed by atoms with Crippen LogP contribution in [0.15, 0.2) is 78.4 Å². The molecule has 0 saturated carbocycles. The van der Waals surface area contributed by atoms with Crippen molar-refractivity contribution in [2.75, 3.05) is 20.3 Å². The third-order valence-corrected chi connectivity index (χ3v) is 6.77. The van der Waals surface area contributed by atoms with Gasteiger partial charge in [-0.2, -0.15) is 0 Å². The van der Waals surface area contributed by atoms with E-state index in [9.17, 15) is 9.59 Å². The Kier molecular flexibility index (Phi) is 7.45. The van der Waals surface area contributed by atoms with Crippen LogP contribution < -0.4 is 10.1 Å². The van der Waals surface area contributed by atoms with Crippen LogP contribution in [-0.4, -0.2) is 37.1 Å². The van der Waals surface area contributed by atoms with E-state index < -0.39 is 5.97 Å². The molecule has 0 aliphatic heterocycles. The van der Waals surface area contributed by atoms with Gasteiger partial charge in [0.1, 0.15) is 5.75 Å². The zero-order valence-electron chi connectivity index (χ0n) is 21.0. The van der Waals surface area contributed by atoms with E-state index in [1.807, 2.05) is 60.7 Å². The van der Waals surface area contributed by atoms with Crippen LogP contribution in [-0.2, 0) is 9.53 Å². The number of rotatable bonds is 8. The molecule has 0 unspecified atom stereocenters. The van der Waals surface area contributed by atoms with Crippen LogP contribution in [0, 0.1) is 0 Å². The summed E-state index contributed by atoms with van der Waals surface area (Å²) in [6, 6.07) is 21.1. The van der Waals surface area contributed by atoms with Gasteiger partial charge in [-0.15, -0.1) is 0 Å². The molecular formula is C31H30N2O4. The van der Waals surface area contributed by atoms with E-state index >= 15 is 0 Å². The van der Waals surface area contributed by atoms with Crippen LogP contribution in [0.4, 0.5) is 0 Å². The maximum atomic E-state index is 13.1. The molecule has 188 valence electrons. The minimum Gasteiger partial charge on any atom is -0.497 e. The number of aromatic nitrogens is 1. The summed E-state index contributed by atoms with van der Waals surface area (Å²) in [4.78, 5) is 30.2. The summed E-state index contributed by atoms with van der Waals surface area (Å²) in [7, 11) is 1.65. The number of carbonyl (C=O) groups excluding carboxylic acids is 2. The molecule has 1 heterocycles. The molecule has 1 amide bonds. The molecule has 6 nitrogen and oxygen atoms in total. The number of fused-ring (bicyclic) bond motifs is 2. The summed E-state index contributed by atoms with van der Waals surface area (Å²) in [5, 5.41) is 5.63. The number of allylic oxidation sites excluding steroid dienone is 1. The SMILES string of the molecule is COc1ccc2cc(-c3cc(C(=O)OCC(=O)NCCC4=CCCCC4)c4ccccc4n3)ccc2c1. The van der Waals surface area contributed by atoms with E-state index in [1.165, 1.54) is 18.4 Å². The molecule has 1 aliphatic rings. The highest BCUT2D eigenvalue weighted by Gasteiger charge is 2.17. The molecule has 37 heavy (non-hydrogen) atoms. The predicted octanol–water partition coefficient (Wildman–Crippen LogP) is 6.23. The highest BCUT2D eigenvalue weighted by Crippen LogP contribution is 2.29. The van der Waals surface area contributed by atoms with E-state index in [-0.39, 0.29) is 12.5 Å². The minimum absolute atomic E-state index is 0.298. The number of nitrogens with zero attached hydrogens (tertiary/aromatic N) is 1. The Balaban J connectivity index is 1.32. The van der Waals surface area contributed by atoms with Crippen LogP contribution in [0.3, 0.4) is 0 Å². The lowest BCUT2D eigenvalue weighted by Crippen LogP contribution is -2.30. The van der Waals surface area contributed by atoms with Gasteiger partial charge in [0, 0.05) is 17.5 Å². The van der Waals surface area contributed by atoms with Gasteiger partial charge in [0.15, 0.2) is 6.61 Å². The first-order valence-electron chi connectivity index (χ1n) is 12.7. The molecule has 0 saturated heterocycles. The first-order chi connectivity index (χ1) is 18.1. The lowest BCUT2D eigenvalue weighted by atomic mass is 9.97. The Morgan fingerprint density at radius 3 is 2.65 bits per heavy atom. The summed E-state index contributed by atoms with van der Waals surface area (Å²) >= 11 is 0. The first kappa shape index (κ1) is 24.5. The highest BCUT2D eigenvalue weighted by molar-refractivity contribution is 6.05. The van der Waals surface area contributed by atoms with Crippen LogP contribution in [0.2, 0.25) is 0 Å². The minimum atomic E-state index is -0.546. The Bertz CT molecular complexity index is 1490. The van der Waals surface area contributed by atoms with Gasteiger partial charge >= 0.3 is 5.97 Å². The third kappa shape index (κ3) is 5.80. The Hall–Kier alpha value is -4.19. The Morgan fingerprint density at radius 1 is 0.973 bits per heavy atom. The lowest BCUT2D eigenvalue weighted by Gasteiger charge is -2.13. The number of ether oxygens (including phenoxy) is 2. The van der Waals surface area contributed by atoms with Crippen molar-refractivity contribution in [3.8, 4) is 17.0 Å². The number of carbonyl (C=O) groups is 2. The van der Waals surface area contributed by atoms with Gasteiger partial charge in [0.05, 0.1) is 23.9 Å². The van der Waals surface area contributed by atoms with E-state index in [2.05, 4.69) is 11.4 Å². The van der Waals surface area contributed by atoms with Crippen molar-refractivity contribution in [1.29, 1.82) is 0 Å². The number of amides is 1. The van der Waals surface area contributed by atoms with Crippen molar-refractivity contribution in [3.05, 3.63) is 83.9 Å². The van der Waals surface area contributed by atoms with Gasteiger partial charge in [-0.05, 0) is 73.2 Å². The molecule has 0 bridgehead atoms. The molecule has 5 rings (SSSR count). The maximum absolute atomic E-state index is 13.1. The zero-order valence-corrected chi connectivity index (χ0v) is 21.0. The second-order valence-electron chi connectivity index (χ2n) is 9.28. The summed E-state index contributed by atoms with van der Waals surface area (Å²) < 4.78 is 10.7. The van der Waals surface area contributed by atoms with Crippen molar-refractivity contribution >= 4 is 33.6 Å². The number of pyridine rings is 1. The zero-order chi connectivity index (χ0) is 25.6. The molecule has 1 N–H and O–H groups in total. The summed E-state index contributed by atoms with van der Waals surface area (Å²) in [5.41, 5.74) is 4.01. The van der Waals surface area contributed by atoms with Gasteiger partial charge in [-0.1, -0.05) is 48.0 Å². The van der Waals surface area contributed by atoms with E-state index in [0.29, 0.717) is 28.7 Å². The average Bonchev–Trinajstić information content (AvgIpc) is 2.95. The predicted molar refractivity (Wildman–Crippen MR) is 146 cm³/mol. The molecule has 3 aromatic carbocycles. The highest BCUT2D eigenvalue weighted by atomic mass is 16.5. The molecule has 0 spiro atoms. The molecule has 0 radical (unpaired) electrons. The molecule has 0 atom stereocenters. The van der Waals surface area contributed by atoms with Crippen LogP contribution >= 0.6 is 0 Å². The molecule has 1 aromatic heterocycles. The fourth-order valence-corrected chi connectivity index (χ4v) is 4.76. The molecule has 1 aliphatic carbocycles. The Morgan fingerprint density at radius 2 is 1.81 bits per heavy atom. The standard InChI is InChI=1S/C31H30N2O4/c1-36-25-14-13-22-17-24(12-11-23(22)18-25)29-19-27(26-9-5-6-10-28(26)33-29)31(35)37-20-30(34)32-16-15-21-7-3-2-4-8-21/h5-7,9-14,17-19H,2-4,8,15-16,20H2,1H3,(H,32,34). The lowest BCUT2D eigenvalue weighted by molar-refractivity contribution is -0.124. The van der Waals surface area contributed by atoms with Crippen molar-refractivity contribution in [3.63, 3.8) is 0 Å². The maximum Gasteiger partial charge on any atom is 0.339 e. The Labute approximate surface area is 216 Å². The van der Waals surface area contributed by atoms with E-state index in [4.69, 9.17) is 14.5 Å². The average molecular weight is 495 g/mol. The second-order valence-corrected chi connectivity index (χ2v) is 9.28. The molecule has 4 aromatic rings. The largest absolute Gasteiger partial charge is 0.497 e. The van der Waals surface area contributed by atoms with Gasteiger partial charge in [0.2, 0.25) is 0 Å². The van der Waals surface area contributed by atoms with Crippen molar-refractivity contribution in [2.24, 2.45) is 0 Å². The third-order valence-electron chi connectivity index (χ3n) is 6.77. The monoisotopic (exact) mass is 494 g/mol. The number of para-hydroxylation sites is 1. The normalized spacial score (nSPS) is 13.3. The topological polar surface area (TPSA) is 77.5 Å². The smallest absolute Gasteiger partial charge is 0.339 e. The van der Waals surface area contributed by atoms with E-state index in [1.54, 1.807) is 13.2 Å². The van der Waals surface area contributed by atoms with Crippen molar-refractivity contribution < 1.29 is 19.1 Å². The van der Waals surface area contributed by atoms with Crippen LogP contribution in [0.5, 0.6) is 5.75 Å². The summed E-state index contributed by atoms with van der Waals surface area (Å²) in [6.45, 7) is 0.236. The summed E-state index contributed by atoms with van der Waals surface area (Å²) in [6.07, 6.45) is 7.80. The summed E-state index contributed by atoms with van der Waals surface area (Å²) in [5.74, 6) is -0.0481. The number of methoxy groups -OCH3 is 1. The first-order valence-corrected chi connectivity index (χ1v) is 12.7. The fraction of sp³-hybridized carbons (Fsp3) is 0.258. The van der Waals surface area contributed by atoms with Gasteiger partial charge in [-0.3, -0.25) is 4.79 Å². The van der Waals surface area contributed by atoms with Crippen LogP contribution in [0.1, 0.15) is 42.5 Å². The van der Waals surface area contributed by atoms with Gasteiger partial charge < -0.3 is 14.8 Å². The number of hydrogen-bond acceptors (Lipinski definition) is 5. The van der Waals surface area contributed by atoms with Gasteiger partial charge in [0.25, 0.3) is 5.91 Å². The molecule has 0 fully saturated rings. The van der Waals surface area contributed by atoms with Crippen molar-refractivity contribution in [1.82, 2.24) is 10.3 Å². The van der Waals surface area contributed by atoms with Crippen molar-refractivity contribution in [2.45, 2.75) is 32.1 Å². The van der Waals surface area contributed by atoms with Crippen LogP contribution in [0.25, 0.3) is 32.9 Å². The number of nitrogens with one attached hydrogen (secondary N) is 1. The fourth-order valence-electron chi connectivity index (χ4n) is 4.76. The quantitative estimate of drug-likeness (QED) is 0.232.